The van der Waals surface area contributed by atoms with E-state index in [1.165, 1.54) is 0 Å². The molecule has 22 heavy (non-hydrogen) atoms. The van der Waals surface area contributed by atoms with Gasteiger partial charge in [0, 0.05) is 26.2 Å². The Hall–Kier alpha value is -1.63. The van der Waals surface area contributed by atoms with Crippen LogP contribution in [0.5, 0.6) is 5.75 Å². The normalized spacial score (nSPS) is 21.8. The fourth-order valence-corrected chi connectivity index (χ4v) is 2.72. The molecule has 2 N–H and O–H groups in total. The summed E-state index contributed by atoms with van der Waals surface area (Å²) in [5.74, 6) is 0.715. The van der Waals surface area contributed by atoms with Crippen molar-refractivity contribution in [3.05, 3.63) is 29.8 Å². The summed E-state index contributed by atoms with van der Waals surface area (Å²) >= 11 is 0. The molecule has 1 fully saturated rings. The van der Waals surface area contributed by atoms with Gasteiger partial charge in [0.2, 0.25) is 5.91 Å². The van der Waals surface area contributed by atoms with Crippen molar-refractivity contribution in [2.75, 3.05) is 33.9 Å². The van der Waals surface area contributed by atoms with Crippen molar-refractivity contribution in [2.45, 2.75) is 25.1 Å². The first-order valence-corrected chi connectivity index (χ1v) is 7.43. The van der Waals surface area contributed by atoms with E-state index in [-0.39, 0.29) is 31.2 Å². The molecule has 0 aromatic heterocycles. The molecule has 2 rings (SSSR count). The molecule has 1 aromatic rings. The number of carbonyl (C=O) groups is 1. The van der Waals surface area contributed by atoms with Crippen LogP contribution in [0.15, 0.2) is 24.3 Å². The fourth-order valence-electron chi connectivity index (χ4n) is 2.72. The highest BCUT2D eigenvalue weighted by atomic mass is 16.5. The maximum Gasteiger partial charge on any atom is 0.234 e. The fraction of sp³-hybridized carbons (Fsp3) is 0.562. The third kappa shape index (κ3) is 4.43. The van der Waals surface area contributed by atoms with Crippen LogP contribution in [0.3, 0.4) is 0 Å². The van der Waals surface area contributed by atoms with E-state index in [9.17, 15) is 9.90 Å². The number of nitrogens with zero attached hydrogens (tertiary/aromatic N) is 1. The first kappa shape index (κ1) is 16.7. The standard InChI is InChI=1S/C16H24N2O4/c1-21-14-5-3-4-12(6-14)8-17-16(20)10-18-9-15(22-2)7-13(18)11-19/h3-6,13,15,19H,7-11H2,1-2H3,(H,17,20)/t13-,15+/m0/s1. The Balaban J connectivity index is 1.82. The number of nitrogens with one attached hydrogen (secondary N) is 1. The lowest BCUT2D eigenvalue weighted by Gasteiger charge is -2.21. The Kier molecular flexibility index (Phi) is 6.18. The van der Waals surface area contributed by atoms with Gasteiger partial charge in [0.05, 0.1) is 26.4 Å². The Morgan fingerprint density at radius 2 is 2.27 bits per heavy atom. The summed E-state index contributed by atoms with van der Waals surface area (Å²) in [5.41, 5.74) is 0.989. The summed E-state index contributed by atoms with van der Waals surface area (Å²) in [6, 6.07) is 7.59. The van der Waals surface area contributed by atoms with Crippen LogP contribution in [0.2, 0.25) is 0 Å². The highest BCUT2D eigenvalue weighted by Crippen LogP contribution is 2.19. The van der Waals surface area contributed by atoms with Crippen LogP contribution in [-0.2, 0) is 16.1 Å². The lowest BCUT2D eigenvalue weighted by Crippen LogP contribution is -2.41. The molecular formula is C16H24N2O4. The van der Waals surface area contributed by atoms with Crippen molar-refractivity contribution in [1.29, 1.82) is 0 Å². The number of aliphatic hydroxyl groups excluding tert-OH is 1. The molecule has 0 bridgehead atoms. The second-order valence-electron chi connectivity index (χ2n) is 5.49. The molecule has 2 atom stereocenters. The van der Waals surface area contributed by atoms with Crippen LogP contribution >= 0.6 is 0 Å². The van der Waals surface area contributed by atoms with Crippen LogP contribution in [0.4, 0.5) is 0 Å². The summed E-state index contributed by atoms with van der Waals surface area (Å²) in [5, 5.41) is 12.3. The average molecular weight is 308 g/mol. The predicted molar refractivity (Wildman–Crippen MR) is 82.7 cm³/mol. The van der Waals surface area contributed by atoms with Crippen LogP contribution < -0.4 is 10.1 Å². The number of ether oxygens (including phenoxy) is 2. The van der Waals surface area contributed by atoms with E-state index in [2.05, 4.69) is 5.32 Å². The number of hydrogen-bond donors (Lipinski definition) is 2. The second kappa shape index (κ2) is 8.12. The van der Waals surface area contributed by atoms with Gasteiger partial charge in [-0.3, -0.25) is 9.69 Å². The first-order valence-electron chi connectivity index (χ1n) is 7.43. The van der Waals surface area contributed by atoms with Gasteiger partial charge in [-0.15, -0.1) is 0 Å². The van der Waals surface area contributed by atoms with Gasteiger partial charge < -0.3 is 19.9 Å². The molecule has 1 heterocycles. The van der Waals surface area contributed by atoms with Crippen LogP contribution in [-0.4, -0.2) is 62.0 Å². The highest BCUT2D eigenvalue weighted by Gasteiger charge is 2.32. The van der Waals surface area contributed by atoms with Crippen molar-refractivity contribution in [1.82, 2.24) is 10.2 Å². The largest absolute Gasteiger partial charge is 0.497 e. The van der Waals surface area contributed by atoms with Gasteiger partial charge in [-0.2, -0.15) is 0 Å². The van der Waals surface area contributed by atoms with E-state index in [1.807, 2.05) is 29.2 Å². The molecule has 1 aliphatic rings. The van der Waals surface area contributed by atoms with Crippen molar-refractivity contribution < 1.29 is 19.4 Å². The molecule has 6 nitrogen and oxygen atoms in total. The summed E-state index contributed by atoms with van der Waals surface area (Å²) in [7, 11) is 3.28. The maximum absolute atomic E-state index is 12.1. The SMILES string of the molecule is COc1cccc(CNC(=O)CN2C[C@H](OC)C[C@H]2CO)c1. The van der Waals surface area contributed by atoms with Gasteiger partial charge in [-0.25, -0.2) is 0 Å². The van der Waals surface area contributed by atoms with E-state index in [0.29, 0.717) is 13.1 Å². The van der Waals surface area contributed by atoms with Gasteiger partial charge in [-0.1, -0.05) is 12.1 Å². The van der Waals surface area contributed by atoms with Crippen LogP contribution in [0.25, 0.3) is 0 Å². The van der Waals surface area contributed by atoms with E-state index in [4.69, 9.17) is 9.47 Å². The van der Waals surface area contributed by atoms with Gasteiger partial charge in [0.15, 0.2) is 0 Å². The lowest BCUT2D eigenvalue weighted by molar-refractivity contribution is -0.122. The molecule has 6 heteroatoms. The lowest BCUT2D eigenvalue weighted by atomic mass is 10.2. The number of hydrogen-bond acceptors (Lipinski definition) is 5. The van der Waals surface area contributed by atoms with Gasteiger partial charge >= 0.3 is 0 Å². The quantitative estimate of drug-likeness (QED) is 0.763. The average Bonchev–Trinajstić information content (AvgIpc) is 2.95. The molecule has 0 radical (unpaired) electrons. The molecule has 0 unspecified atom stereocenters. The topological polar surface area (TPSA) is 71.0 Å². The Labute approximate surface area is 131 Å². The minimum atomic E-state index is -0.0574. The van der Waals surface area contributed by atoms with E-state index < -0.39 is 0 Å². The number of likely N-dealkylation sites (tertiary alicyclic amines) is 1. The third-order valence-corrected chi connectivity index (χ3v) is 4.00. The Morgan fingerprint density at radius 3 is 2.95 bits per heavy atom. The van der Waals surface area contributed by atoms with E-state index in [0.717, 1.165) is 17.7 Å². The number of aliphatic hydroxyl groups is 1. The summed E-state index contributed by atoms with van der Waals surface area (Å²) in [4.78, 5) is 14.0. The van der Waals surface area contributed by atoms with Crippen LogP contribution in [0, 0.1) is 0 Å². The molecule has 1 aromatic carbocycles. The number of benzene rings is 1. The second-order valence-corrected chi connectivity index (χ2v) is 5.49. The number of rotatable bonds is 7. The third-order valence-electron chi connectivity index (χ3n) is 4.00. The number of carbonyl (C=O) groups excluding carboxylic acids is 1. The van der Waals surface area contributed by atoms with Gasteiger partial charge in [0.25, 0.3) is 0 Å². The molecule has 1 saturated heterocycles. The van der Waals surface area contributed by atoms with Crippen molar-refractivity contribution >= 4 is 5.91 Å². The summed E-state index contributed by atoms with van der Waals surface area (Å²) < 4.78 is 10.5. The number of methoxy groups -OCH3 is 2. The maximum atomic E-state index is 12.1. The molecular weight excluding hydrogens is 284 g/mol. The zero-order valence-electron chi connectivity index (χ0n) is 13.1. The zero-order valence-corrected chi connectivity index (χ0v) is 13.1. The van der Waals surface area contributed by atoms with E-state index in [1.54, 1.807) is 14.2 Å². The predicted octanol–water partition coefficient (Wildman–Crippen LogP) is 0.393. The van der Waals surface area contributed by atoms with Crippen molar-refractivity contribution in [3.8, 4) is 5.75 Å². The van der Waals surface area contributed by atoms with Gasteiger partial charge in [-0.05, 0) is 24.1 Å². The minimum Gasteiger partial charge on any atom is -0.497 e. The molecule has 0 saturated carbocycles. The minimum absolute atomic E-state index is 0.00693. The summed E-state index contributed by atoms with van der Waals surface area (Å²) in [6.45, 7) is 1.45. The van der Waals surface area contributed by atoms with Crippen molar-refractivity contribution in [2.24, 2.45) is 0 Å². The molecule has 122 valence electrons. The van der Waals surface area contributed by atoms with Crippen molar-refractivity contribution in [3.63, 3.8) is 0 Å². The Morgan fingerprint density at radius 1 is 1.45 bits per heavy atom. The van der Waals surface area contributed by atoms with Gasteiger partial charge in [0.1, 0.15) is 5.75 Å². The smallest absolute Gasteiger partial charge is 0.234 e. The Bertz CT molecular complexity index is 495. The molecule has 1 aliphatic heterocycles. The molecule has 0 spiro atoms. The van der Waals surface area contributed by atoms with E-state index >= 15 is 0 Å². The first-order chi connectivity index (χ1) is 10.7. The summed E-state index contributed by atoms with van der Waals surface area (Å²) in [6.07, 6.45) is 0.847. The number of amides is 1. The molecule has 0 aliphatic carbocycles. The zero-order chi connectivity index (χ0) is 15.9. The van der Waals surface area contributed by atoms with Crippen LogP contribution in [0.1, 0.15) is 12.0 Å². The molecule has 1 amide bonds. The monoisotopic (exact) mass is 308 g/mol. The highest BCUT2D eigenvalue weighted by molar-refractivity contribution is 5.78.